The summed E-state index contributed by atoms with van der Waals surface area (Å²) in [5.41, 5.74) is 2.67. The Morgan fingerprint density at radius 1 is 1.19 bits per heavy atom. The molecule has 0 spiro atoms. The van der Waals surface area contributed by atoms with Crippen molar-refractivity contribution in [1.82, 2.24) is 14.2 Å². The summed E-state index contributed by atoms with van der Waals surface area (Å²) in [6.07, 6.45) is 6.29. The first-order valence-electron chi connectivity index (χ1n) is 12.4. The second-order valence-electron chi connectivity index (χ2n) is 9.35. The highest BCUT2D eigenvalue weighted by Gasteiger charge is 2.26. The Hall–Kier alpha value is -2.01. The summed E-state index contributed by atoms with van der Waals surface area (Å²) in [6.45, 7) is 6.63. The van der Waals surface area contributed by atoms with Gasteiger partial charge in [-0.1, -0.05) is 22.9 Å². The van der Waals surface area contributed by atoms with Crippen molar-refractivity contribution in [1.29, 1.82) is 0 Å². The molecule has 0 bridgehead atoms. The van der Waals surface area contributed by atoms with Crippen molar-refractivity contribution >= 4 is 37.5 Å². The van der Waals surface area contributed by atoms with Gasteiger partial charge in [-0.2, -0.15) is 4.31 Å². The molecule has 0 N–H and O–H groups in total. The van der Waals surface area contributed by atoms with Crippen LogP contribution in [0.2, 0.25) is 0 Å². The summed E-state index contributed by atoms with van der Waals surface area (Å²) in [5, 5.41) is 0. The van der Waals surface area contributed by atoms with Crippen molar-refractivity contribution in [2.75, 3.05) is 58.4 Å². The van der Waals surface area contributed by atoms with E-state index >= 15 is 0 Å². The van der Waals surface area contributed by atoms with E-state index in [0.29, 0.717) is 29.3 Å². The highest BCUT2D eigenvalue weighted by molar-refractivity contribution is 9.10. The maximum Gasteiger partial charge on any atom is 0.248 e. The lowest BCUT2D eigenvalue weighted by atomic mass is 9.96. The quantitative estimate of drug-likeness (QED) is 0.377. The van der Waals surface area contributed by atoms with Crippen LogP contribution in [0.25, 0.3) is 0 Å². The van der Waals surface area contributed by atoms with E-state index in [4.69, 9.17) is 4.74 Å². The van der Waals surface area contributed by atoms with Crippen LogP contribution in [0.3, 0.4) is 0 Å². The molecule has 0 unspecified atom stereocenters. The summed E-state index contributed by atoms with van der Waals surface area (Å²) < 4.78 is 34.1. The molecule has 0 aliphatic carbocycles. The van der Waals surface area contributed by atoms with Gasteiger partial charge in [-0.25, -0.2) is 8.42 Å². The van der Waals surface area contributed by atoms with Crippen LogP contribution in [0.4, 0.5) is 5.69 Å². The molecule has 3 rings (SSSR count). The number of hydrogen-bond donors (Lipinski definition) is 0. The Bertz CT molecular complexity index is 1120. The summed E-state index contributed by atoms with van der Waals surface area (Å²) in [5.74, 6) is 0.365. The van der Waals surface area contributed by atoms with E-state index in [9.17, 15) is 13.2 Å². The van der Waals surface area contributed by atoms with E-state index in [1.807, 2.05) is 43.6 Å². The molecule has 1 saturated heterocycles. The van der Waals surface area contributed by atoms with Crippen LogP contribution in [0.1, 0.15) is 30.9 Å². The minimum Gasteiger partial charge on any atom is -0.371 e. The number of aryl methyl sites for hydroxylation is 2. The van der Waals surface area contributed by atoms with Crippen molar-refractivity contribution in [3.63, 3.8) is 0 Å². The zero-order chi connectivity index (χ0) is 26.3. The molecule has 1 aliphatic heterocycles. The largest absolute Gasteiger partial charge is 0.371 e. The number of carbonyl (C=O) groups is 1. The third-order valence-electron chi connectivity index (χ3n) is 6.74. The van der Waals surface area contributed by atoms with E-state index in [1.165, 1.54) is 9.99 Å². The summed E-state index contributed by atoms with van der Waals surface area (Å²) in [4.78, 5) is 21.1. The number of aromatic nitrogens is 1. The van der Waals surface area contributed by atoms with Crippen LogP contribution in [-0.2, 0) is 26.0 Å². The molecular formula is C26H37BrN4O4S. The number of sulfonamides is 1. The molecule has 10 heteroatoms. The molecule has 1 fully saturated rings. The van der Waals surface area contributed by atoms with Gasteiger partial charge in [-0.15, -0.1) is 0 Å². The Balaban J connectivity index is 1.42. The van der Waals surface area contributed by atoms with Crippen molar-refractivity contribution < 1.29 is 17.9 Å². The number of halogens is 1. The summed E-state index contributed by atoms with van der Waals surface area (Å²) in [7, 11) is -0.307. The lowest BCUT2D eigenvalue weighted by Crippen LogP contribution is -2.40. The maximum atomic E-state index is 13.2. The molecule has 1 amide bonds. The number of benzene rings is 1. The van der Waals surface area contributed by atoms with Crippen molar-refractivity contribution in [3.05, 3.63) is 52.3 Å². The number of nitrogens with zero attached hydrogens (tertiary/aromatic N) is 4. The van der Waals surface area contributed by atoms with Gasteiger partial charge in [0.05, 0.1) is 11.5 Å². The molecular weight excluding hydrogens is 544 g/mol. The molecule has 1 aromatic carbocycles. The molecule has 0 radical (unpaired) electrons. The number of ether oxygens (including phenoxy) is 1. The molecule has 0 atom stereocenters. The number of pyridine rings is 1. The van der Waals surface area contributed by atoms with Crippen LogP contribution < -0.4 is 4.90 Å². The summed E-state index contributed by atoms with van der Waals surface area (Å²) >= 11 is 3.44. The zero-order valence-electron chi connectivity index (χ0n) is 21.6. The second-order valence-corrected chi connectivity index (χ2v) is 12.3. The van der Waals surface area contributed by atoms with Gasteiger partial charge in [0.2, 0.25) is 15.9 Å². The molecule has 1 aliphatic rings. The monoisotopic (exact) mass is 580 g/mol. The maximum absolute atomic E-state index is 13.2. The van der Waals surface area contributed by atoms with Crippen LogP contribution in [0, 0.1) is 12.8 Å². The minimum atomic E-state index is -3.66. The number of carbonyl (C=O) groups excluding carboxylic acids is 1. The van der Waals surface area contributed by atoms with Gasteiger partial charge in [-0.3, -0.25) is 9.78 Å². The average Bonchev–Trinajstić information content (AvgIpc) is 2.86. The average molecular weight is 582 g/mol. The SMILES string of the molecule is CCc1cc(Br)cc(C)c1S(=O)(=O)N(C)CCOCC(=O)N(C)CC1CCN(c2ccncc2)CC1. The van der Waals surface area contributed by atoms with Gasteiger partial charge >= 0.3 is 0 Å². The molecule has 36 heavy (non-hydrogen) atoms. The first-order valence-corrected chi connectivity index (χ1v) is 14.6. The Morgan fingerprint density at radius 3 is 2.50 bits per heavy atom. The van der Waals surface area contributed by atoms with E-state index in [0.717, 1.165) is 36.0 Å². The fourth-order valence-electron chi connectivity index (χ4n) is 4.59. The second kappa shape index (κ2) is 13.0. The van der Waals surface area contributed by atoms with E-state index in [2.05, 4.69) is 25.8 Å². The highest BCUT2D eigenvalue weighted by atomic mass is 79.9. The van der Waals surface area contributed by atoms with Crippen LogP contribution in [0.15, 0.2) is 46.0 Å². The smallest absolute Gasteiger partial charge is 0.248 e. The minimum absolute atomic E-state index is 0.0578. The molecule has 1 aromatic heterocycles. The highest BCUT2D eigenvalue weighted by Crippen LogP contribution is 2.28. The molecule has 2 aromatic rings. The fraction of sp³-hybridized carbons (Fsp3) is 0.538. The van der Waals surface area contributed by atoms with Crippen molar-refractivity contribution in [2.24, 2.45) is 5.92 Å². The van der Waals surface area contributed by atoms with E-state index in [1.54, 1.807) is 25.9 Å². The molecule has 0 saturated carbocycles. The Morgan fingerprint density at radius 2 is 1.86 bits per heavy atom. The summed E-state index contributed by atoms with van der Waals surface area (Å²) in [6, 6.07) is 7.72. The predicted octanol–water partition coefficient (Wildman–Crippen LogP) is 3.73. The Labute approximate surface area is 223 Å². The fourth-order valence-corrected chi connectivity index (χ4v) is 6.83. The third-order valence-corrected chi connectivity index (χ3v) is 9.30. The molecule has 2 heterocycles. The lowest BCUT2D eigenvalue weighted by molar-refractivity contribution is -0.135. The van der Waals surface area contributed by atoms with Crippen LogP contribution >= 0.6 is 15.9 Å². The van der Waals surface area contributed by atoms with E-state index in [-0.39, 0.29) is 25.7 Å². The van der Waals surface area contributed by atoms with Crippen molar-refractivity contribution in [2.45, 2.75) is 38.0 Å². The van der Waals surface area contributed by atoms with Gasteiger partial charge in [0.15, 0.2) is 0 Å². The van der Waals surface area contributed by atoms with Crippen LogP contribution in [0.5, 0.6) is 0 Å². The standard InChI is InChI=1S/C26H37BrN4O4S/c1-5-22-17-23(27)16-20(2)26(22)36(33,34)30(4)14-15-35-19-25(32)29(3)18-21-8-12-31(13-9-21)24-6-10-28-11-7-24/h6-7,10-11,16-17,21H,5,8-9,12-15,18-19H2,1-4H3. The van der Waals surface area contributed by atoms with Crippen LogP contribution in [-0.4, -0.2) is 82.0 Å². The molecule has 198 valence electrons. The van der Waals surface area contributed by atoms with Gasteiger partial charge in [-0.05, 0) is 67.5 Å². The Kier molecular flexibility index (Phi) is 10.3. The number of hydrogen-bond acceptors (Lipinski definition) is 6. The lowest BCUT2D eigenvalue weighted by Gasteiger charge is -2.35. The normalized spacial score (nSPS) is 14.9. The number of anilines is 1. The number of amides is 1. The van der Waals surface area contributed by atoms with Gasteiger partial charge < -0.3 is 14.5 Å². The third kappa shape index (κ3) is 7.27. The zero-order valence-corrected chi connectivity index (χ0v) is 24.0. The molecule has 8 nitrogen and oxygen atoms in total. The topological polar surface area (TPSA) is 83.0 Å². The van der Waals surface area contributed by atoms with Crippen molar-refractivity contribution in [3.8, 4) is 0 Å². The van der Waals surface area contributed by atoms with Gasteiger partial charge in [0, 0.05) is 62.8 Å². The van der Waals surface area contributed by atoms with Gasteiger partial charge in [0.1, 0.15) is 6.61 Å². The number of piperidine rings is 1. The number of rotatable bonds is 11. The first kappa shape index (κ1) is 28.6. The number of likely N-dealkylation sites (N-methyl/N-ethyl adjacent to an activating group) is 2. The first-order chi connectivity index (χ1) is 17.1. The predicted molar refractivity (Wildman–Crippen MR) is 146 cm³/mol. The van der Waals surface area contributed by atoms with E-state index < -0.39 is 10.0 Å². The van der Waals surface area contributed by atoms with Gasteiger partial charge in [0.25, 0.3) is 0 Å².